The van der Waals surface area contributed by atoms with Gasteiger partial charge in [0.15, 0.2) is 0 Å². The van der Waals surface area contributed by atoms with Crippen LogP contribution < -0.4 is 9.80 Å². The highest BCUT2D eigenvalue weighted by molar-refractivity contribution is 5.96. The topological polar surface area (TPSA) is 75.4 Å². The predicted molar refractivity (Wildman–Crippen MR) is 99.6 cm³/mol. The molecule has 0 saturated carbocycles. The molecule has 0 unspecified atom stereocenters. The molecule has 0 fully saturated rings. The zero-order valence-electron chi connectivity index (χ0n) is 14.4. The summed E-state index contributed by atoms with van der Waals surface area (Å²) in [4.78, 5) is 23.1. The molecule has 0 N–H and O–H groups in total. The Morgan fingerprint density at radius 1 is 1.04 bits per heavy atom. The van der Waals surface area contributed by atoms with Crippen molar-refractivity contribution in [1.82, 2.24) is 9.97 Å². The molecule has 0 spiro atoms. The minimum Gasteiger partial charge on any atom is -0.357 e. The van der Waals surface area contributed by atoms with Crippen molar-refractivity contribution in [3.63, 3.8) is 0 Å². The Hall–Kier alpha value is -3.22. The Balaban J connectivity index is 2.26. The van der Waals surface area contributed by atoms with Gasteiger partial charge in [-0.15, -0.1) is 0 Å². The second-order valence-corrected chi connectivity index (χ2v) is 5.76. The molecule has 0 atom stereocenters. The summed E-state index contributed by atoms with van der Waals surface area (Å²) in [5.74, 6) is 0.580. The summed E-state index contributed by atoms with van der Waals surface area (Å²) in [5, 5.41) is 13.8. The van der Waals surface area contributed by atoms with Crippen LogP contribution >= 0.6 is 0 Å². The van der Waals surface area contributed by atoms with E-state index in [0.29, 0.717) is 12.4 Å². The van der Waals surface area contributed by atoms with E-state index < -0.39 is 4.92 Å². The molecule has 128 valence electrons. The van der Waals surface area contributed by atoms with Gasteiger partial charge in [0.25, 0.3) is 0 Å². The lowest BCUT2D eigenvalue weighted by atomic mass is 10.1. The van der Waals surface area contributed by atoms with Crippen molar-refractivity contribution >= 4 is 33.8 Å². The third-order valence-corrected chi connectivity index (χ3v) is 4.02. The first kappa shape index (κ1) is 16.6. The number of aromatic nitrogens is 2. The molecule has 0 bridgehead atoms. The fourth-order valence-corrected chi connectivity index (χ4v) is 2.93. The van der Waals surface area contributed by atoms with Crippen LogP contribution in [0.3, 0.4) is 0 Å². The summed E-state index contributed by atoms with van der Waals surface area (Å²) in [5.41, 5.74) is 0.786. The zero-order chi connectivity index (χ0) is 18.0. The summed E-state index contributed by atoms with van der Waals surface area (Å²) >= 11 is 0. The van der Waals surface area contributed by atoms with Gasteiger partial charge in [0.05, 0.1) is 10.6 Å². The standard InChI is InChI=1S/C18H19N5O2/c1-4-22(15-11-7-9-13-8-5-6-10-14(13)15)18-16(23(24)25)17(21(2)3)19-12-20-18/h5-12H,4H2,1-3H3. The number of nitro groups is 1. The maximum Gasteiger partial charge on any atom is 0.353 e. The number of nitrogens with zero attached hydrogens (tertiary/aromatic N) is 5. The minimum atomic E-state index is -0.418. The Labute approximate surface area is 145 Å². The Bertz CT molecular complexity index is 921. The van der Waals surface area contributed by atoms with Gasteiger partial charge in [-0.1, -0.05) is 36.4 Å². The molecule has 25 heavy (non-hydrogen) atoms. The van der Waals surface area contributed by atoms with Crippen molar-refractivity contribution in [3.8, 4) is 0 Å². The van der Waals surface area contributed by atoms with E-state index in [4.69, 9.17) is 0 Å². The fourth-order valence-electron chi connectivity index (χ4n) is 2.93. The maximum atomic E-state index is 11.7. The minimum absolute atomic E-state index is 0.0951. The summed E-state index contributed by atoms with van der Waals surface area (Å²) < 4.78 is 0. The van der Waals surface area contributed by atoms with Crippen LogP contribution in [0, 0.1) is 10.1 Å². The van der Waals surface area contributed by atoms with E-state index in [9.17, 15) is 10.1 Å². The van der Waals surface area contributed by atoms with Crippen molar-refractivity contribution in [2.75, 3.05) is 30.4 Å². The van der Waals surface area contributed by atoms with E-state index in [2.05, 4.69) is 9.97 Å². The molecular weight excluding hydrogens is 318 g/mol. The van der Waals surface area contributed by atoms with Crippen molar-refractivity contribution in [2.24, 2.45) is 0 Å². The van der Waals surface area contributed by atoms with E-state index in [0.717, 1.165) is 16.5 Å². The Morgan fingerprint density at radius 3 is 2.40 bits per heavy atom. The highest BCUT2D eigenvalue weighted by Crippen LogP contribution is 2.38. The molecule has 1 aromatic heterocycles. The molecule has 0 aliphatic heterocycles. The fraction of sp³-hybridized carbons (Fsp3) is 0.222. The highest BCUT2D eigenvalue weighted by Gasteiger charge is 2.28. The van der Waals surface area contributed by atoms with E-state index in [-0.39, 0.29) is 11.5 Å². The average molecular weight is 337 g/mol. The second-order valence-electron chi connectivity index (χ2n) is 5.76. The van der Waals surface area contributed by atoms with Crippen molar-refractivity contribution in [1.29, 1.82) is 0 Å². The average Bonchev–Trinajstić information content (AvgIpc) is 2.62. The molecule has 7 heteroatoms. The quantitative estimate of drug-likeness (QED) is 0.521. The number of hydrogen-bond donors (Lipinski definition) is 0. The molecule has 0 saturated heterocycles. The van der Waals surface area contributed by atoms with Gasteiger partial charge in [-0.25, -0.2) is 9.97 Å². The van der Waals surface area contributed by atoms with Gasteiger partial charge in [0.2, 0.25) is 11.6 Å². The molecule has 3 aromatic rings. The molecule has 1 heterocycles. The Morgan fingerprint density at radius 2 is 1.72 bits per heavy atom. The third kappa shape index (κ3) is 2.96. The smallest absolute Gasteiger partial charge is 0.353 e. The maximum absolute atomic E-state index is 11.7. The molecule has 0 aliphatic rings. The van der Waals surface area contributed by atoms with E-state index in [1.54, 1.807) is 19.0 Å². The molecular formula is C18H19N5O2. The number of anilines is 3. The van der Waals surface area contributed by atoms with E-state index in [1.165, 1.54) is 6.33 Å². The summed E-state index contributed by atoms with van der Waals surface area (Å²) in [7, 11) is 3.46. The van der Waals surface area contributed by atoms with Crippen LogP contribution in [0.15, 0.2) is 48.8 Å². The SMILES string of the molecule is CCN(c1ncnc(N(C)C)c1[N+](=O)[O-])c1cccc2ccccc12. The number of fused-ring (bicyclic) bond motifs is 1. The van der Waals surface area contributed by atoms with Gasteiger partial charge < -0.3 is 9.80 Å². The number of benzene rings is 2. The lowest BCUT2D eigenvalue weighted by molar-refractivity contribution is -0.383. The lowest BCUT2D eigenvalue weighted by Gasteiger charge is -2.24. The third-order valence-electron chi connectivity index (χ3n) is 4.02. The van der Waals surface area contributed by atoms with Crippen LogP contribution in [0.5, 0.6) is 0 Å². The summed E-state index contributed by atoms with van der Waals surface area (Å²) in [6.45, 7) is 2.49. The van der Waals surface area contributed by atoms with Crippen LogP contribution in [-0.4, -0.2) is 35.5 Å². The molecule has 0 radical (unpaired) electrons. The largest absolute Gasteiger partial charge is 0.357 e. The van der Waals surface area contributed by atoms with Crippen molar-refractivity contribution < 1.29 is 4.92 Å². The summed E-state index contributed by atoms with van der Waals surface area (Å²) in [6, 6.07) is 13.9. The van der Waals surface area contributed by atoms with Gasteiger partial charge >= 0.3 is 5.69 Å². The normalized spacial score (nSPS) is 10.7. The van der Waals surface area contributed by atoms with Gasteiger partial charge in [-0.2, -0.15) is 0 Å². The lowest BCUT2D eigenvalue weighted by Crippen LogP contribution is -2.22. The first-order chi connectivity index (χ1) is 12.0. The van der Waals surface area contributed by atoms with E-state index in [1.807, 2.05) is 54.3 Å². The zero-order valence-corrected chi connectivity index (χ0v) is 14.4. The van der Waals surface area contributed by atoms with Crippen LogP contribution in [0.4, 0.5) is 23.0 Å². The van der Waals surface area contributed by atoms with Crippen LogP contribution in [-0.2, 0) is 0 Å². The predicted octanol–water partition coefficient (Wildman–Crippen LogP) is 3.76. The molecule has 7 nitrogen and oxygen atoms in total. The van der Waals surface area contributed by atoms with Crippen LogP contribution in [0.25, 0.3) is 10.8 Å². The van der Waals surface area contributed by atoms with Crippen LogP contribution in [0.1, 0.15) is 6.92 Å². The molecule has 0 amide bonds. The monoisotopic (exact) mass is 337 g/mol. The molecule has 2 aromatic carbocycles. The highest BCUT2D eigenvalue weighted by atomic mass is 16.6. The van der Waals surface area contributed by atoms with Crippen LogP contribution in [0.2, 0.25) is 0 Å². The first-order valence-corrected chi connectivity index (χ1v) is 7.96. The summed E-state index contributed by atoms with van der Waals surface area (Å²) in [6.07, 6.45) is 1.37. The van der Waals surface area contributed by atoms with Gasteiger partial charge in [0.1, 0.15) is 6.33 Å². The van der Waals surface area contributed by atoms with E-state index >= 15 is 0 Å². The Kier molecular flexibility index (Phi) is 4.47. The van der Waals surface area contributed by atoms with Crippen molar-refractivity contribution in [2.45, 2.75) is 6.92 Å². The van der Waals surface area contributed by atoms with Gasteiger partial charge in [0, 0.05) is 26.0 Å². The number of rotatable bonds is 5. The van der Waals surface area contributed by atoms with Gasteiger partial charge in [-0.05, 0) is 18.4 Å². The second kappa shape index (κ2) is 6.72. The van der Waals surface area contributed by atoms with Crippen molar-refractivity contribution in [3.05, 3.63) is 58.9 Å². The molecule has 3 rings (SSSR count). The van der Waals surface area contributed by atoms with Gasteiger partial charge in [-0.3, -0.25) is 10.1 Å². The first-order valence-electron chi connectivity index (χ1n) is 7.96. The molecule has 0 aliphatic carbocycles. The number of hydrogen-bond acceptors (Lipinski definition) is 6.